The summed E-state index contributed by atoms with van der Waals surface area (Å²) >= 11 is 6.48. The number of nitrogens with one attached hydrogen (secondary N) is 2. The van der Waals surface area contributed by atoms with E-state index in [9.17, 15) is 9.59 Å². The third kappa shape index (κ3) is 6.00. The first kappa shape index (κ1) is 26.6. The smallest absolute Gasteiger partial charge is 0.246 e. The summed E-state index contributed by atoms with van der Waals surface area (Å²) in [4.78, 5) is 40.9. The van der Waals surface area contributed by atoms with Crippen LogP contribution in [0.5, 0.6) is 0 Å². The predicted molar refractivity (Wildman–Crippen MR) is 149 cm³/mol. The fourth-order valence-electron chi connectivity index (χ4n) is 5.72. The Morgan fingerprint density at radius 2 is 2.00 bits per heavy atom. The van der Waals surface area contributed by atoms with Crippen molar-refractivity contribution in [3.63, 3.8) is 0 Å². The Morgan fingerprint density at radius 1 is 1.21 bits per heavy atom. The van der Waals surface area contributed by atoms with E-state index < -0.39 is 5.92 Å². The number of anilines is 2. The number of amides is 2. The zero-order valence-corrected chi connectivity index (χ0v) is 22.8. The molecule has 2 N–H and O–H groups in total. The Morgan fingerprint density at radius 3 is 2.79 bits per heavy atom. The number of carbonyl (C=O) groups excluding carboxylic acids is 2. The van der Waals surface area contributed by atoms with Crippen LogP contribution in [0.25, 0.3) is 0 Å². The van der Waals surface area contributed by atoms with Gasteiger partial charge in [-0.05, 0) is 51.4 Å². The molecular formula is C28H36ClN7O2. The van der Waals surface area contributed by atoms with Crippen LogP contribution in [0.1, 0.15) is 42.9 Å². The molecule has 2 aromatic rings. The van der Waals surface area contributed by atoms with E-state index in [0.717, 1.165) is 69.7 Å². The number of likely N-dealkylation sites (N-methyl/N-ethyl adjacent to an activating group) is 1. The van der Waals surface area contributed by atoms with Crippen LogP contribution in [0.3, 0.4) is 0 Å². The van der Waals surface area contributed by atoms with E-state index >= 15 is 0 Å². The summed E-state index contributed by atoms with van der Waals surface area (Å²) in [5, 5.41) is 6.84. The molecule has 9 nitrogen and oxygen atoms in total. The highest BCUT2D eigenvalue weighted by molar-refractivity contribution is 6.31. The zero-order chi connectivity index (χ0) is 26.6. The lowest BCUT2D eigenvalue weighted by Gasteiger charge is -2.42. The summed E-state index contributed by atoms with van der Waals surface area (Å²) in [6, 6.07) is 8.34. The minimum Gasteiger partial charge on any atom is -0.351 e. The van der Waals surface area contributed by atoms with Crippen molar-refractivity contribution in [2.75, 3.05) is 57.5 Å². The minimum absolute atomic E-state index is 0.101. The van der Waals surface area contributed by atoms with Gasteiger partial charge in [0.1, 0.15) is 5.92 Å². The van der Waals surface area contributed by atoms with E-state index in [2.05, 4.69) is 20.5 Å². The number of rotatable bonds is 7. The molecular weight excluding hydrogens is 502 g/mol. The van der Waals surface area contributed by atoms with Crippen LogP contribution in [0, 0.1) is 0 Å². The number of fused-ring (bicyclic) bond motifs is 1. The molecule has 0 radical (unpaired) electrons. The summed E-state index contributed by atoms with van der Waals surface area (Å²) in [5.41, 5.74) is 2.21. The van der Waals surface area contributed by atoms with Crippen LogP contribution in [-0.2, 0) is 9.59 Å². The molecule has 38 heavy (non-hydrogen) atoms. The Balaban J connectivity index is 1.19. The van der Waals surface area contributed by atoms with Gasteiger partial charge < -0.3 is 20.4 Å². The highest BCUT2D eigenvalue weighted by atomic mass is 35.5. The first-order valence-electron chi connectivity index (χ1n) is 13.4. The van der Waals surface area contributed by atoms with Gasteiger partial charge in [-0.1, -0.05) is 35.9 Å². The first-order valence-corrected chi connectivity index (χ1v) is 13.8. The summed E-state index contributed by atoms with van der Waals surface area (Å²) in [5.74, 6) is -0.0597. The number of para-hydroxylation sites is 1. The van der Waals surface area contributed by atoms with Crippen molar-refractivity contribution in [3.8, 4) is 0 Å². The number of nitrogens with zero attached hydrogens (tertiary/aromatic N) is 5. The van der Waals surface area contributed by atoms with Crippen molar-refractivity contribution in [1.82, 2.24) is 24.7 Å². The average Bonchev–Trinajstić information content (AvgIpc) is 3.25. The van der Waals surface area contributed by atoms with E-state index in [4.69, 9.17) is 16.6 Å². The van der Waals surface area contributed by atoms with E-state index in [1.165, 1.54) is 0 Å². The van der Waals surface area contributed by atoms with Gasteiger partial charge in [0.2, 0.25) is 17.8 Å². The number of aromatic nitrogens is 2. The molecule has 3 atom stereocenters. The van der Waals surface area contributed by atoms with E-state index in [1.54, 1.807) is 12.3 Å². The molecule has 1 aliphatic carbocycles. The summed E-state index contributed by atoms with van der Waals surface area (Å²) < 4.78 is 0. The van der Waals surface area contributed by atoms with Crippen LogP contribution < -0.4 is 10.6 Å². The Labute approximate surface area is 229 Å². The molecule has 3 heterocycles. The normalized spacial score (nSPS) is 24.1. The molecule has 5 rings (SSSR count). The van der Waals surface area contributed by atoms with Crippen molar-refractivity contribution in [3.05, 3.63) is 58.9 Å². The third-order valence-electron chi connectivity index (χ3n) is 7.69. The van der Waals surface area contributed by atoms with Gasteiger partial charge in [-0.2, -0.15) is 0 Å². The molecule has 2 fully saturated rings. The monoisotopic (exact) mass is 537 g/mol. The quantitative estimate of drug-likeness (QED) is 0.524. The molecule has 1 aromatic heterocycles. The van der Waals surface area contributed by atoms with Crippen molar-refractivity contribution in [2.45, 2.75) is 43.7 Å². The van der Waals surface area contributed by atoms with Crippen LogP contribution in [0.4, 0.5) is 11.6 Å². The zero-order valence-electron chi connectivity index (χ0n) is 22.1. The first-order chi connectivity index (χ1) is 18.4. The molecule has 202 valence electrons. The van der Waals surface area contributed by atoms with Gasteiger partial charge in [0.15, 0.2) is 0 Å². The second kappa shape index (κ2) is 11.8. The molecule has 2 aliphatic heterocycles. The maximum absolute atomic E-state index is 12.8. The van der Waals surface area contributed by atoms with Crippen LogP contribution in [-0.4, -0.2) is 95.4 Å². The molecule has 10 heteroatoms. The number of halogens is 1. The maximum atomic E-state index is 12.8. The Kier molecular flexibility index (Phi) is 8.26. The van der Waals surface area contributed by atoms with Gasteiger partial charge in [0, 0.05) is 56.6 Å². The van der Waals surface area contributed by atoms with E-state index in [-0.39, 0.29) is 17.9 Å². The largest absolute Gasteiger partial charge is 0.351 e. The number of piperazine rings is 1. The lowest BCUT2D eigenvalue weighted by atomic mass is 9.89. The minimum atomic E-state index is -0.543. The van der Waals surface area contributed by atoms with Crippen molar-refractivity contribution in [2.24, 2.45) is 0 Å². The lowest BCUT2D eigenvalue weighted by Crippen LogP contribution is -2.53. The number of carbonyl (C=O) groups is 2. The molecule has 0 bridgehead atoms. The maximum Gasteiger partial charge on any atom is 0.246 e. The third-order valence-corrected chi connectivity index (χ3v) is 7.98. The molecule has 1 saturated carbocycles. The average molecular weight is 538 g/mol. The van der Waals surface area contributed by atoms with E-state index in [1.807, 2.05) is 54.2 Å². The van der Waals surface area contributed by atoms with Gasteiger partial charge in [-0.3, -0.25) is 14.5 Å². The van der Waals surface area contributed by atoms with Crippen LogP contribution in [0.2, 0.25) is 5.02 Å². The molecule has 0 spiro atoms. The topological polar surface area (TPSA) is 93.7 Å². The number of hydrogen-bond donors (Lipinski definition) is 2. The highest BCUT2D eigenvalue weighted by Gasteiger charge is 2.35. The molecule has 2 amide bonds. The summed E-state index contributed by atoms with van der Waals surface area (Å²) in [6.07, 6.45) is 9.52. The fraction of sp³-hybridized carbons (Fsp3) is 0.500. The molecule has 1 saturated heterocycles. The Bertz CT molecular complexity index is 1200. The summed E-state index contributed by atoms with van der Waals surface area (Å²) in [6.45, 7) is 4.07. The second-order valence-corrected chi connectivity index (χ2v) is 11.0. The van der Waals surface area contributed by atoms with Crippen molar-refractivity contribution in [1.29, 1.82) is 0 Å². The number of hydrogen-bond acceptors (Lipinski definition) is 7. The van der Waals surface area contributed by atoms with Gasteiger partial charge in [0.25, 0.3) is 0 Å². The highest BCUT2D eigenvalue weighted by Crippen LogP contribution is 2.39. The van der Waals surface area contributed by atoms with Crippen LogP contribution >= 0.6 is 11.6 Å². The lowest BCUT2D eigenvalue weighted by molar-refractivity contribution is -0.128. The predicted octanol–water partition coefficient (Wildman–Crippen LogP) is 3.20. The van der Waals surface area contributed by atoms with Gasteiger partial charge in [-0.15, -0.1) is 0 Å². The Hall–Kier alpha value is -3.01. The SMILES string of the molecule is CN(C)C/C=C/C(=O)N1CCN([C@H]2CCC[C@@H](Nc3ncc(Cl)c(C4C(=O)Nc5ccccc54)n3)C2)CC1. The number of benzene rings is 1. The van der Waals surface area contributed by atoms with Crippen molar-refractivity contribution < 1.29 is 9.59 Å². The van der Waals surface area contributed by atoms with Crippen molar-refractivity contribution >= 4 is 35.1 Å². The standard InChI is InChI=1S/C28H36ClN7O2/c1-34(2)12-6-11-24(37)36-15-13-35(14-16-36)20-8-5-7-19(17-20)31-28-30-18-22(29)26(33-28)25-21-9-3-4-10-23(21)32-27(25)38/h3-4,6,9-11,18-20,25H,5,7-8,12-17H2,1-2H3,(H,32,38)(H,30,31,33)/b11-6+/t19-,20+,25?/m1/s1. The van der Waals surface area contributed by atoms with E-state index in [0.29, 0.717) is 22.7 Å². The fourth-order valence-corrected chi connectivity index (χ4v) is 5.92. The van der Waals surface area contributed by atoms with Crippen LogP contribution in [0.15, 0.2) is 42.6 Å². The molecule has 3 aliphatic rings. The second-order valence-electron chi connectivity index (χ2n) is 10.6. The van der Waals surface area contributed by atoms with Gasteiger partial charge >= 0.3 is 0 Å². The molecule has 1 unspecified atom stereocenters. The molecule has 1 aromatic carbocycles. The summed E-state index contributed by atoms with van der Waals surface area (Å²) in [7, 11) is 3.98. The van der Waals surface area contributed by atoms with Gasteiger partial charge in [0.05, 0.1) is 16.9 Å². The van der Waals surface area contributed by atoms with Gasteiger partial charge in [-0.25, -0.2) is 9.97 Å².